The molecule has 0 saturated carbocycles. The average Bonchev–Trinajstić information content (AvgIpc) is 2.61. The van der Waals surface area contributed by atoms with Crippen LogP contribution in [-0.2, 0) is 4.79 Å². The standard InChI is InChI=1S/C11H21NO2/c1-2-3-4-5-6-9-7-10(11(13)14)12-8-9/h9-10,12H,2-8H2,1H3,(H,13,14)/t9?,10-/m0/s1. The molecule has 1 rings (SSSR count). The van der Waals surface area contributed by atoms with Crippen molar-refractivity contribution < 1.29 is 9.90 Å². The molecule has 3 nitrogen and oxygen atoms in total. The lowest BCUT2D eigenvalue weighted by molar-refractivity contribution is -0.139. The van der Waals surface area contributed by atoms with Crippen LogP contribution >= 0.6 is 0 Å². The van der Waals surface area contributed by atoms with Crippen molar-refractivity contribution in [1.29, 1.82) is 0 Å². The quantitative estimate of drug-likeness (QED) is 0.643. The molecule has 0 amide bonds. The van der Waals surface area contributed by atoms with E-state index >= 15 is 0 Å². The minimum absolute atomic E-state index is 0.286. The van der Waals surface area contributed by atoms with Gasteiger partial charge in [0.2, 0.25) is 0 Å². The summed E-state index contributed by atoms with van der Waals surface area (Å²) in [5.74, 6) is -0.103. The summed E-state index contributed by atoms with van der Waals surface area (Å²) >= 11 is 0. The molecule has 1 heterocycles. The van der Waals surface area contributed by atoms with Gasteiger partial charge in [-0.1, -0.05) is 32.6 Å². The van der Waals surface area contributed by atoms with Gasteiger partial charge in [0.1, 0.15) is 6.04 Å². The maximum Gasteiger partial charge on any atom is 0.320 e. The third-order valence-corrected chi connectivity index (χ3v) is 2.99. The van der Waals surface area contributed by atoms with Gasteiger partial charge in [0.15, 0.2) is 0 Å². The van der Waals surface area contributed by atoms with Gasteiger partial charge in [0.25, 0.3) is 0 Å². The Labute approximate surface area is 85.9 Å². The van der Waals surface area contributed by atoms with Gasteiger partial charge in [-0.3, -0.25) is 4.79 Å². The maximum absolute atomic E-state index is 10.7. The molecule has 14 heavy (non-hydrogen) atoms. The largest absolute Gasteiger partial charge is 0.480 e. The molecule has 1 aliphatic heterocycles. The van der Waals surface area contributed by atoms with E-state index in [9.17, 15) is 4.79 Å². The Morgan fingerprint density at radius 1 is 1.43 bits per heavy atom. The first kappa shape index (κ1) is 11.5. The summed E-state index contributed by atoms with van der Waals surface area (Å²) < 4.78 is 0. The average molecular weight is 199 g/mol. The van der Waals surface area contributed by atoms with Crippen LogP contribution in [0.1, 0.15) is 45.4 Å². The number of hydrogen-bond acceptors (Lipinski definition) is 2. The summed E-state index contributed by atoms with van der Waals surface area (Å²) in [6.07, 6.45) is 7.14. The number of hydrogen-bond donors (Lipinski definition) is 2. The Balaban J connectivity index is 2.07. The van der Waals surface area contributed by atoms with Gasteiger partial charge in [-0.25, -0.2) is 0 Å². The van der Waals surface area contributed by atoms with Crippen molar-refractivity contribution in [3.05, 3.63) is 0 Å². The third kappa shape index (κ3) is 3.66. The SMILES string of the molecule is CCCCCCC1CN[C@H](C(=O)O)C1. The highest BCUT2D eigenvalue weighted by Gasteiger charge is 2.28. The lowest BCUT2D eigenvalue weighted by Crippen LogP contribution is -2.29. The van der Waals surface area contributed by atoms with Crippen LogP contribution < -0.4 is 5.32 Å². The van der Waals surface area contributed by atoms with Crippen molar-refractivity contribution in [2.24, 2.45) is 5.92 Å². The number of carbonyl (C=O) groups is 1. The zero-order chi connectivity index (χ0) is 10.4. The van der Waals surface area contributed by atoms with Crippen LogP contribution in [-0.4, -0.2) is 23.7 Å². The van der Waals surface area contributed by atoms with Gasteiger partial charge >= 0.3 is 5.97 Å². The molecule has 0 aromatic rings. The Morgan fingerprint density at radius 3 is 2.79 bits per heavy atom. The fourth-order valence-electron chi connectivity index (χ4n) is 2.08. The summed E-state index contributed by atoms with van der Waals surface area (Å²) in [7, 11) is 0. The molecule has 1 unspecified atom stereocenters. The summed E-state index contributed by atoms with van der Waals surface area (Å²) in [5, 5.41) is 11.8. The number of unbranched alkanes of at least 4 members (excludes halogenated alkanes) is 3. The van der Waals surface area contributed by atoms with Gasteiger partial charge in [0.05, 0.1) is 0 Å². The molecule has 1 fully saturated rings. The van der Waals surface area contributed by atoms with E-state index in [2.05, 4.69) is 12.2 Å². The van der Waals surface area contributed by atoms with E-state index < -0.39 is 5.97 Å². The van der Waals surface area contributed by atoms with Crippen LogP contribution in [0.3, 0.4) is 0 Å². The zero-order valence-corrected chi connectivity index (χ0v) is 8.96. The third-order valence-electron chi connectivity index (χ3n) is 2.99. The van der Waals surface area contributed by atoms with Crippen LogP contribution in [0.4, 0.5) is 0 Å². The number of aliphatic carboxylic acids is 1. The van der Waals surface area contributed by atoms with Crippen molar-refractivity contribution in [3.63, 3.8) is 0 Å². The highest BCUT2D eigenvalue weighted by Crippen LogP contribution is 2.20. The van der Waals surface area contributed by atoms with E-state index in [0.29, 0.717) is 5.92 Å². The molecule has 82 valence electrons. The Kier molecular flexibility index (Phi) is 4.94. The molecule has 0 aromatic heterocycles. The van der Waals surface area contributed by atoms with Crippen molar-refractivity contribution in [3.8, 4) is 0 Å². The second kappa shape index (κ2) is 6.02. The van der Waals surface area contributed by atoms with E-state index in [1.807, 2.05) is 0 Å². The van der Waals surface area contributed by atoms with Crippen LogP contribution in [0.5, 0.6) is 0 Å². The van der Waals surface area contributed by atoms with Gasteiger partial charge in [-0.15, -0.1) is 0 Å². The molecule has 0 radical (unpaired) electrons. The van der Waals surface area contributed by atoms with Gasteiger partial charge < -0.3 is 10.4 Å². The number of nitrogens with one attached hydrogen (secondary N) is 1. The second-order valence-corrected chi connectivity index (χ2v) is 4.25. The number of rotatable bonds is 6. The molecular formula is C11H21NO2. The van der Waals surface area contributed by atoms with Crippen molar-refractivity contribution in [2.75, 3.05) is 6.54 Å². The van der Waals surface area contributed by atoms with Crippen LogP contribution in [0.2, 0.25) is 0 Å². The van der Waals surface area contributed by atoms with E-state index in [4.69, 9.17) is 5.11 Å². The fourth-order valence-corrected chi connectivity index (χ4v) is 2.08. The molecule has 0 spiro atoms. The monoisotopic (exact) mass is 199 g/mol. The Bertz CT molecular complexity index is 182. The van der Waals surface area contributed by atoms with E-state index in [0.717, 1.165) is 13.0 Å². The summed E-state index contributed by atoms with van der Waals surface area (Å²) in [4.78, 5) is 10.7. The van der Waals surface area contributed by atoms with Gasteiger partial charge in [0, 0.05) is 0 Å². The topological polar surface area (TPSA) is 49.3 Å². The smallest absolute Gasteiger partial charge is 0.320 e. The van der Waals surface area contributed by atoms with Crippen LogP contribution in [0.25, 0.3) is 0 Å². The van der Waals surface area contributed by atoms with Crippen molar-refractivity contribution in [1.82, 2.24) is 5.32 Å². The van der Waals surface area contributed by atoms with E-state index in [-0.39, 0.29) is 6.04 Å². The Hall–Kier alpha value is -0.570. The van der Waals surface area contributed by atoms with Crippen LogP contribution in [0, 0.1) is 5.92 Å². The number of carboxylic acid groups (broad SMARTS) is 1. The van der Waals surface area contributed by atoms with Crippen molar-refractivity contribution >= 4 is 5.97 Å². The Morgan fingerprint density at radius 2 is 2.21 bits per heavy atom. The first-order valence-electron chi connectivity index (χ1n) is 5.70. The predicted molar refractivity (Wildman–Crippen MR) is 56.3 cm³/mol. The summed E-state index contributed by atoms with van der Waals surface area (Å²) in [5.41, 5.74) is 0. The van der Waals surface area contributed by atoms with E-state index in [1.165, 1.54) is 32.1 Å². The lowest BCUT2D eigenvalue weighted by Gasteiger charge is -2.07. The molecule has 0 bridgehead atoms. The van der Waals surface area contributed by atoms with Gasteiger partial charge in [-0.05, 0) is 25.3 Å². The molecule has 0 aliphatic carbocycles. The normalized spacial score (nSPS) is 26.6. The number of carboxylic acids is 1. The molecule has 2 atom stereocenters. The van der Waals surface area contributed by atoms with Gasteiger partial charge in [-0.2, -0.15) is 0 Å². The minimum Gasteiger partial charge on any atom is -0.480 e. The predicted octanol–water partition coefficient (Wildman–Crippen LogP) is 2.02. The fraction of sp³-hybridized carbons (Fsp3) is 0.909. The molecule has 2 N–H and O–H groups in total. The second-order valence-electron chi connectivity index (χ2n) is 4.25. The summed E-state index contributed by atoms with van der Waals surface area (Å²) in [6, 6.07) is -0.286. The molecule has 1 aliphatic rings. The molecular weight excluding hydrogens is 178 g/mol. The zero-order valence-electron chi connectivity index (χ0n) is 8.96. The molecule has 1 saturated heterocycles. The molecule has 3 heteroatoms. The van der Waals surface area contributed by atoms with E-state index in [1.54, 1.807) is 0 Å². The first-order valence-corrected chi connectivity index (χ1v) is 5.70. The molecule has 0 aromatic carbocycles. The minimum atomic E-state index is -0.693. The lowest BCUT2D eigenvalue weighted by atomic mass is 9.98. The highest BCUT2D eigenvalue weighted by molar-refractivity contribution is 5.73. The highest BCUT2D eigenvalue weighted by atomic mass is 16.4. The van der Waals surface area contributed by atoms with Crippen molar-refractivity contribution in [2.45, 2.75) is 51.5 Å². The first-order chi connectivity index (χ1) is 6.74. The summed E-state index contributed by atoms with van der Waals surface area (Å²) in [6.45, 7) is 3.10. The van der Waals surface area contributed by atoms with Crippen LogP contribution in [0.15, 0.2) is 0 Å². The maximum atomic E-state index is 10.7.